The average Bonchev–Trinajstić information content (AvgIpc) is 3.12. The molecule has 27 heavy (non-hydrogen) atoms. The van der Waals surface area contributed by atoms with Crippen LogP contribution in [0.4, 0.5) is 0 Å². The number of ketones is 1. The third-order valence-corrected chi connectivity index (χ3v) is 5.69. The van der Waals surface area contributed by atoms with E-state index < -0.39 is 0 Å². The van der Waals surface area contributed by atoms with Gasteiger partial charge >= 0.3 is 0 Å². The van der Waals surface area contributed by atoms with E-state index in [0.717, 1.165) is 38.4 Å². The first kappa shape index (κ1) is 20.0. The van der Waals surface area contributed by atoms with Crippen LogP contribution in [-0.2, 0) is 22.6 Å². The number of ether oxygens (including phenoxy) is 1. The lowest BCUT2D eigenvalue weighted by Crippen LogP contribution is -2.35. The summed E-state index contributed by atoms with van der Waals surface area (Å²) in [7, 11) is 0. The van der Waals surface area contributed by atoms with E-state index in [2.05, 4.69) is 22.3 Å². The summed E-state index contributed by atoms with van der Waals surface area (Å²) in [4.78, 5) is 27.0. The Bertz CT molecular complexity index is 787. The van der Waals surface area contributed by atoms with Crippen LogP contribution in [-0.4, -0.2) is 42.9 Å². The van der Waals surface area contributed by atoms with Gasteiger partial charge in [-0.05, 0) is 23.3 Å². The zero-order valence-corrected chi connectivity index (χ0v) is 16.7. The van der Waals surface area contributed by atoms with E-state index in [1.165, 1.54) is 16.9 Å². The summed E-state index contributed by atoms with van der Waals surface area (Å²) >= 11 is 7.08. The Balaban J connectivity index is 1.43. The smallest absolute Gasteiger partial charge is 0.220 e. The molecule has 1 aliphatic rings. The van der Waals surface area contributed by atoms with Crippen molar-refractivity contribution in [2.45, 2.75) is 25.9 Å². The molecule has 5 nitrogen and oxygen atoms in total. The molecule has 0 saturated carbocycles. The molecule has 1 fully saturated rings. The Morgan fingerprint density at radius 2 is 1.89 bits per heavy atom. The second kappa shape index (κ2) is 9.99. The van der Waals surface area contributed by atoms with Gasteiger partial charge in [-0.1, -0.05) is 35.9 Å². The zero-order chi connectivity index (χ0) is 19.1. The van der Waals surface area contributed by atoms with Crippen LogP contribution >= 0.6 is 22.9 Å². The van der Waals surface area contributed by atoms with Crippen LogP contribution in [0.3, 0.4) is 0 Å². The summed E-state index contributed by atoms with van der Waals surface area (Å²) in [6.07, 6.45) is 0.377. The molecule has 1 aliphatic heterocycles. The van der Waals surface area contributed by atoms with Crippen LogP contribution in [0.1, 0.15) is 33.6 Å². The number of hydrogen-bond donors (Lipinski definition) is 1. The fraction of sp³-hybridized carbons (Fsp3) is 0.400. The van der Waals surface area contributed by atoms with Gasteiger partial charge in [-0.3, -0.25) is 14.5 Å². The number of carbonyl (C=O) groups is 2. The molecular formula is C20H23ClN2O3S. The van der Waals surface area contributed by atoms with Gasteiger partial charge in [-0.15, -0.1) is 11.3 Å². The first-order valence-electron chi connectivity index (χ1n) is 9.03. The Morgan fingerprint density at radius 3 is 2.63 bits per heavy atom. The molecule has 0 unspecified atom stereocenters. The Kier molecular flexibility index (Phi) is 7.41. The van der Waals surface area contributed by atoms with Crippen LogP contribution < -0.4 is 5.32 Å². The average molecular weight is 407 g/mol. The maximum atomic E-state index is 12.1. The minimum atomic E-state index is -0.121. The molecule has 2 heterocycles. The Morgan fingerprint density at radius 1 is 1.11 bits per heavy atom. The highest BCUT2D eigenvalue weighted by Gasteiger charge is 2.12. The van der Waals surface area contributed by atoms with Crippen molar-refractivity contribution in [1.29, 1.82) is 0 Å². The van der Waals surface area contributed by atoms with Crippen molar-refractivity contribution in [2.24, 2.45) is 0 Å². The highest BCUT2D eigenvalue weighted by Crippen LogP contribution is 2.22. The van der Waals surface area contributed by atoms with Gasteiger partial charge in [0, 0.05) is 39.0 Å². The number of amides is 1. The molecule has 2 aromatic rings. The highest BCUT2D eigenvalue weighted by molar-refractivity contribution is 7.18. The summed E-state index contributed by atoms with van der Waals surface area (Å²) in [5.74, 6) is -0.167. The largest absolute Gasteiger partial charge is 0.379 e. The van der Waals surface area contributed by atoms with Crippen LogP contribution in [0.25, 0.3) is 0 Å². The maximum absolute atomic E-state index is 12.1. The third-order valence-electron chi connectivity index (χ3n) is 4.42. The van der Waals surface area contributed by atoms with Gasteiger partial charge in [-0.25, -0.2) is 0 Å². The normalized spacial score (nSPS) is 14.9. The first-order valence-corrected chi connectivity index (χ1v) is 10.2. The molecule has 1 aromatic carbocycles. The van der Waals surface area contributed by atoms with Gasteiger partial charge in [0.05, 0.1) is 22.4 Å². The van der Waals surface area contributed by atoms with Gasteiger partial charge in [0.2, 0.25) is 5.91 Å². The van der Waals surface area contributed by atoms with Gasteiger partial charge in [0.1, 0.15) is 0 Å². The van der Waals surface area contributed by atoms with Crippen molar-refractivity contribution in [1.82, 2.24) is 10.2 Å². The maximum Gasteiger partial charge on any atom is 0.220 e. The number of morpholine rings is 1. The molecule has 1 aromatic heterocycles. The highest BCUT2D eigenvalue weighted by atomic mass is 35.5. The van der Waals surface area contributed by atoms with Crippen molar-refractivity contribution in [3.8, 4) is 0 Å². The number of Topliss-reactive ketones (excluding diaryl/α,β-unsaturated/α-hetero) is 1. The van der Waals surface area contributed by atoms with Gasteiger partial charge in [0.25, 0.3) is 0 Å². The monoisotopic (exact) mass is 406 g/mol. The molecule has 1 amide bonds. The third kappa shape index (κ3) is 6.43. The van der Waals surface area contributed by atoms with Crippen LogP contribution in [0, 0.1) is 0 Å². The minimum absolute atomic E-state index is 0.0467. The van der Waals surface area contributed by atoms with Crippen LogP contribution in [0.15, 0.2) is 36.4 Å². The molecule has 0 radical (unpaired) electrons. The van der Waals surface area contributed by atoms with Gasteiger partial charge in [-0.2, -0.15) is 0 Å². The molecule has 0 aliphatic carbocycles. The lowest BCUT2D eigenvalue weighted by molar-refractivity contribution is -0.121. The summed E-state index contributed by atoms with van der Waals surface area (Å²) < 4.78 is 5.96. The van der Waals surface area contributed by atoms with E-state index >= 15 is 0 Å². The number of carbonyl (C=O) groups excluding carboxylic acids is 2. The predicted octanol–water partition coefficient (Wildman–Crippen LogP) is 3.51. The zero-order valence-electron chi connectivity index (χ0n) is 15.1. The molecule has 7 heteroatoms. The molecule has 1 saturated heterocycles. The van der Waals surface area contributed by atoms with Crippen LogP contribution in [0.2, 0.25) is 4.34 Å². The SMILES string of the molecule is O=C(CCC(=O)c1ccc(Cl)s1)NCc1cccc(CN2CCOCC2)c1. The summed E-state index contributed by atoms with van der Waals surface area (Å²) in [5.41, 5.74) is 2.29. The number of halogens is 1. The first-order chi connectivity index (χ1) is 13.1. The quantitative estimate of drug-likeness (QED) is 0.681. The van der Waals surface area contributed by atoms with Gasteiger partial charge in [0.15, 0.2) is 5.78 Å². The molecule has 144 valence electrons. The topological polar surface area (TPSA) is 58.6 Å². The van der Waals surface area contributed by atoms with Crippen molar-refractivity contribution in [3.63, 3.8) is 0 Å². The molecule has 0 spiro atoms. The fourth-order valence-corrected chi connectivity index (χ4v) is 3.97. The van der Waals surface area contributed by atoms with E-state index in [0.29, 0.717) is 15.8 Å². The van der Waals surface area contributed by atoms with Crippen molar-refractivity contribution >= 4 is 34.6 Å². The predicted molar refractivity (Wildman–Crippen MR) is 107 cm³/mol. The lowest BCUT2D eigenvalue weighted by Gasteiger charge is -2.26. The minimum Gasteiger partial charge on any atom is -0.379 e. The Hall–Kier alpha value is -1.73. The summed E-state index contributed by atoms with van der Waals surface area (Å²) in [6.45, 7) is 4.82. The number of rotatable bonds is 8. The lowest BCUT2D eigenvalue weighted by atomic mass is 10.1. The number of nitrogens with zero attached hydrogens (tertiary/aromatic N) is 1. The van der Waals surface area contributed by atoms with E-state index in [9.17, 15) is 9.59 Å². The van der Waals surface area contributed by atoms with E-state index in [1.807, 2.05) is 12.1 Å². The molecule has 3 rings (SSSR count). The van der Waals surface area contributed by atoms with Gasteiger partial charge < -0.3 is 10.1 Å². The standard InChI is InChI=1S/C20H23ClN2O3S/c21-19-6-5-18(27-19)17(24)4-7-20(25)22-13-15-2-1-3-16(12-15)14-23-8-10-26-11-9-23/h1-3,5-6,12H,4,7-11,13-14H2,(H,22,25). The van der Waals surface area contributed by atoms with E-state index in [-0.39, 0.29) is 24.5 Å². The van der Waals surface area contributed by atoms with E-state index in [4.69, 9.17) is 16.3 Å². The number of hydrogen-bond acceptors (Lipinski definition) is 5. The molecule has 0 bridgehead atoms. The van der Waals surface area contributed by atoms with Crippen molar-refractivity contribution in [2.75, 3.05) is 26.3 Å². The number of nitrogens with one attached hydrogen (secondary N) is 1. The van der Waals surface area contributed by atoms with Crippen molar-refractivity contribution in [3.05, 3.63) is 56.7 Å². The number of thiophene rings is 1. The molecular weight excluding hydrogens is 384 g/mol. The van der Waals surface area contributed by atoms with Crippen LogP contribution in [0.5, 0.6) is 0 Å². The fourth-order valence-electron chi connectivity index (χ4n) is 2.96. The Labute approximate surface area is 168 Å². The van der Waals surface area contributed by atoms with E-state index in [1.54, 1.807) is 12.1 Å². The second-order valence-electron chi connectivity index (χ2n) is 6.51. The molecule has 1 N–H and O–H groups in total. The number of benzene rings is 1. The van der Waals surface area contributed by atoms with Crippen molar-refractivity contribution < 1.29 is 14.3 Å². The summed E-state index contributed by atoms with van der Waals surface area (Å²) in [6, 6.07) is 11.6. The summed E-state index contributed by atoms with van der Waals surface area (Å²) in [5, 5.41) is 2.89. The second-order valence-corrected chi connectivity index (χ2v) is 8.23. The molecule has 0 atom stereocenters.